The van der Waals surface area contributed by atoms with Crippen LogP contribution in [0.1, 0.15) is 12.1 Å². The molecule has 3 rings (SSSR count). The third-order valence-electron chi connectivity index (χ3n) is 3.88. The molecule has 1 atom stereocenters. The average Bonchev–Trinajstić information content (AvgIpc) is 2.77. The van der Waals surface area contributed by atoms with Crippen molar-refractivity contribution in [2.24, 2.45) is 0 Å². The van der Waals surface area contributed by atoms with Crippen LogP contribution in [-0.4, -0.2) is 38.4 Å². The normalized spacial score (nSPS) is 20.3. The van der Waals surface area contributed by atoms with Gasteiger partial charge >= 0.3 is 0 Å². The van der Waals surface area contributed by atoms with Crippen LogP contribution in [0.4, 0.5) is 0 Å². The summed E-state index contributed by atoms with van der Waals surface area (Å²) in [6.07, 6.45) is 2.60. The minimum Gasteiger partial charge on any atom is -0.314 e. The number of aryl methyl sites for hydroxylation is 1. The number of nitrogens with zero attached hydrogens (tertiary/aromatic N) is 1. The maximum Gasteiger partial charge on any atom is 0.196 e. The molecule has 1 aliphatic heterocycles. The van der Waals surface area contributed by atoms with Gasteiger partial charge in [-0.05, 0) is 38.6 Å². The van der Waals surface area contributed by atoms with Crippen molar-refractivity contribution in [2.45, 2.75) is 23.6 Å². The van der Waals surface area contributed by atoms with Crippen LogP contribution < -0.4 is 10.6 Å². The van der Waals surface area contributed by atoms with Crippen molar-refractivity contribution in [3.63, 3.8) is 0 Å². The van der Waals surface area contributed by atoms with Gasteiger partial charge in [-0.25, -0.2) is 8.42 Å². The standard InChI is InChI=1S/C15H19N3O2S/c1-11-12-4-2-5-14(13(12)6-9-17-11)21(19,20)15-10-16-7-3-8-18-15/h2,4-6,9,15-16,18H,3,7-8,10H2,1H3/t15-/m0/s1. The molecule has 21 heavy (non-hydrogen) atoms. The van der Waals surface area contributed by atoms with Gasteiger partial charge in [0.1, 0.15) is 5.37 Å². The first-order valence-electron chi connectivity index (χ1n) is 7.13. The number of fused-ring (bicyclic) bond motifs is 1. The molecule has 6 heteroatoms. The van der Waals surface area contributed by atoms with Crippen LogP contribution in [0.5, 0.6) is 0 Å². The van der Waals surface area contributed by atoms with E-state index in [9.17, 15) is 8.42 Å². The summed E-state index contributed by atoms with van der Waals surface area (Å²) < 4.78 is 25.9. The van der Waals surface area contributed by atoms with E-state index in [4.69, 9.17) is 0 Å². The summed E-state index contributed by atoms with van der Waals surface area (Å²) in [5, 5.41) is 7.36. The molecular weight excluding hydrogens is 286 g/mol. The molecule has 0 amide bonds. The van der Waals surface area contributed by atoms with Crippen molar-refractivity contribution in [3.8, 4) is 0 Å². The molecule has 0 unspecified atom stereocenters. The lowest BCUT2D eigenvalue weighted by atomic mass is 10.1. The zero-order valence-electron chi connectivity index (χ0n) is 12.0. The number of aromatic nitrogens is 1. The molecule has 5 nitrogen and oxygen atoms in total. The fraction of sp³-hybridized carbons (Fsp3) is 0.400. The van der Waals surface area contributed by atoms with Crippen molar-refractivity contribution < 1.29 is 8.42 Å². The van der Waals surface area contributed by atoms with Crippen molar-refractivity contribution >= 4 is 20.6 Å². The Morgan fingerprint density at radius 3 is 2.90 bits per heavy atom. The Morgan fingerprint density at radius 2 is 2.05 bits per heavy atom. The molecule has 1 aromatic heterocycles. The Balaban J connectivity index is 2.12. The summed E-state index contributed by atoms with van der Waals surface area (Å²) in [5.74, 6) is 0. The molecular formula is C15H19N3O2S. The van der Waals surface area contributed by atoms with E-state index in [-0.39, 0.29) is 0 Å². The van der Waals surface area contributed by atoms with E-state index < -0.39 is 15.2 Å². The summed E-state index contributed by atoms with van der Waals surface area (Å²) in [6, 6.07) is 7.16. The first kappa shape index (κ1) is 14.4. The number of benzene rings is 1. The highest BCUT2D eigenvalue weighted by Gasteiger charge is 2.29. The Labute approximate surface area is 124 Å². The van der Waals surface area contributed by atoms with Gasteiger partial charge in [0.15, 0.2) is 9.84 Å². The summed E-state index contributed by atoms with van der Waals surface area (Å²) in [4.78, 5) is 4.62. The van der Waals surface area contributed by atoms with Crippen LogP contribution in [0.3, 0.4) is 0 Å². The second-order valence-electron chi connectivity index (χ2n) is 5.29. The molecule has 1 aromatic carbocycles. The number of rotatable bonds is 2. The van der Waals surface area contributed by atoms with Gasteiger partial charge in [-0.15, -0.1) is 0 Å². The Kier molecular flexibility index (Phi) is 3.93. The quantitative estimate of drug-likeness (QED) is 0.873. The minimum atomic E-state index is -3.43. The van der Waals surface area contributed by atoms with Crippen molar-refractivity contribution in [1.82, 2.24) is 15.6 Å². The third-order valence-corrected chi connectivity index (χ3v) is 5.93. The minimum absolute atomic E-state index is 0.381. The number of nitrogens with one attached hydrogen (secondary N) is 2. The second kappa shape index (κ2) is 5.71. The molecule has 1 aliphatic rings. The molecule has 1 saturated heterocycles. The smallest absolute Gasteiger partial charge is 0.196 e. The van der Waals surface area contributed by atoms with Gasteiger partial charge in [0.25, 0.3) is 0 Å². The van der Waals surface area contributed by atoms with Crippen LogP contribution in [0.25, 0.3) is 10.8 Å². The van der Waals surface area contributed by atoms with Crippen LogP contribution in [0.2, 0.25) is 0 Å². The topological polar surface area (TPSA) is 71.1 Å². The van der Waals surface area contributed by atoms with E-state index in [0.29, 0.717) is 18.0 Å². The average molecular weight is 305 g/mol. The Hall–Kier alpha value is -1.50. The predicted molar refractivity (Wildman–Crippen MR) is 82.9 cm³/mol. The summed E-state index contributed by atoms with van der Waals surface area (Å²) in [6.45, 7) is 3.88. The molecule has 0 saturated carbocycles. The highest BCUT2D eigenvalue weighted by atomic mass is 32.2. The van der Waals surface area contributed by atoms with E-state index in [1.165, 1.54) is 0 Å². The monoisotopic (exact) mass is 305 g/mol. The number of hydrogen-bond acceptors (Lipinski definition) is 5. The van der Waals surface area contributed by atoms with Crippen molar-refractivity contribution in [1.29, 1.82) is 0 Å². The van der Waals surface area contributed by atoms with Gasteiger partial charge in [0, 0.05) is 29.2 Å². The van der Waals surface area contributed by atoms with E-state index in [0.717, 1.165) is 29.4 Å². The van der Waals surface area contributed by atoms with Gasteiger partial charge in [-0.3, -0.25) is 10.3 Å². The lowest BCUT2D eigenvalue weighted by Crippen LogP contribution is -2.42. The Bertz CT molecular complexity index is 751. The molecule has 0 radical (unpaired) electrons. The van der Waals surface area contributed by atoms with Crippen molar-refractivity contribution in [3.05, 3.63) is 36.2 Å². The van der Waals surface area contributed by atoms with Gasteiger partial charge < -0.3 is 5.32 Å². The fourth-order valence-electron chi connectivity index (χ4n) is 2.73. The van der Waals surface area contributed by atoms with Crippen LogP contribution >= 0.6 is 0 Å². The zero-order valence-corrected chi connectivity index (χ0v) is 12.8. The highest BCUT2D eigenvalue weighted by molar-refractivity contribution is 7.92. The van der Waals surface area contributed by atoms with Gasteiger partial charge in [0.05, 0.1) is 4.90 Å². The number of sulfone groups is 1. The molecule has 0 bridgehead atoms. The molecule has 2 aromatic rings. The SMILES string of the molecule is Cc1nccc2c(S(=O)(=O)[C@H]3CNCCCN3)cccc12. The van der Waals surface area contributed by atoms with E-state index in [1.807, 2.05) is 13.0 Å². The predicted octanol–water partition coefficient (Wildman–Crippen LogP) is 1.23. The fourth-order valence-corrected chi connectivity index (χ4v) is 4.46. The lowest BCUT2D eigenvalue weighted by molar-refractivity contribution is 0.553. The van der Waals surface area contributed by atoms with Crippen LogP contribution in [-0.2, 0) is 9.84 Å². The van der Waals surface area contributed by atoms with Crippen LogP contribution in [0, 0.1) is 6.92 Å². The summed E-state index contributed by atoms with van der Waals surface area (Å²) in [5.41, 5.74) is 0.844. The van der Waals surface area contributed by atoms with Gasteiger partial charge in [-0.2, -0.15) is 0 Å². The maximum absolute atomic E-state index is 12.9. The van der Waals surface area contributed by atoms with Gasteiger partial charge in [0.2, 0.25) is 0 Å². The lowest BCUT2D eigenvalue weighted by Gasteiger charge is -2.18. The molecule has 2 heterocycles. The zero-order chi connectivity index (χ0) is 14.9. The Morgan fingerprint density at radius 1 is 1.19 bits per heavy atom. The maximum atomic E-state index is 12.9. The molecule has 1 fully saturated rings. The molecule has 0 spiro atoms. The first-order valence-corrected chi connectivity index (χ1v) is 8.67. The van der Waals surface area contributed by atoms with E-state index >= 15 is 0 Å². The largest absolute Gasteiger partial charge is 0.314 e. The first-order chi connectivity index (χ1) is 10.1. The molecule has 2 N–H and O–H groups in total. The number of pyridine rings is 1. The van der Waals surface area contributed by atoms with Crippen molar-refractivity contribution in [2.75, 3.05) is 19.6 Å². The third kappa shape index (κ3) is 2.66. The molecule has 0 aliphatic carbocycles. The van der Waals surface area contributed by atoms with Crippen LogP contribution in [0.15, 0.2) is 35.4 Å². The van der Waals surface area contributed by atoms with Gasteiger partial charge in [-0.1, -0.05) is 12.1 Å². The van der Waals surface area contributed by atoms with E-state index in [2.05, 4.69) is 15.6 Å². The molecule has 112 valence electrons. The highest BCUT2D eigenvalue weighted by Crippen LogP contribution is 2.26. The number of hydrogen-bond donors (Lipinski definition) is 2. The summed E-state index contributed by atoms with van der Waals surface area (Å²) >= 11 is 0. The summed E-state index contributed by atoms with van der Waals surface area (Å²) in [7, 11) is -3.43. The van der Waals surface area contributed by atoms with E-state index in [1.54, 1.807) is 24.4 Å². The second-order valence-corrected chi connectivity index (χ2v) is 7.39.